The topological polar surface area (TPSA) is 90.0 Å². The molecular formula is C24H22F3N7O. The molecule has 1 atom stereocenters. The SMILES string of the molecule is Cc1nc2n3c(c(-c4ccn(C)c(=O)c4)cc-2c(=N[C@H](C)c2cc(C(F)(F)F)ccn2)n1)NCC3. The Balaban J connectivity index is 1.71. The van der Waals surface area contributed by atoms with E-state index in [-0.39, 0.29) is 11.3 Å². The molecule has 0 radical (unpaired) electrons. The van der Waals surface area contributed by atoms with Gasteiger partial charge in [-0.15, -0.1) is 0 Å². The van der Waals surface area contributed by atoms with Crippen LogP contribution in [0, 0.1) is 6.92 Å². The van der Waals surface area contributed by atoms with Gasteiger partial charge < -0.3 is 14.5 Å². The Morgan fingerprint density at radius 1 is 1.14 bits per heavy atom. The molecule has 0 saturated heterocycles. The summed E-state index contributed by atoms with van der Waals surface area (Å²) in [6.45, 7) is 4.77. The van der Waals surface area contributed by atoms with Crippen LogP contribution in [0.2, 0.25) is 0 Å². The summed E-state index contributed by atoms with van der Waals surface area (Å²) in [4.78, 5) is 30.2. The zero-order valence-electron chi connectivity index (χ0n) is 19.3. The second kappa shape index (κ2) is 8.33. The summed E-state index contributed by atoms with van der Waals surface area (Å²) in [5.41, 5.74) is 1.78. The third-order valence-electron chi connectivity index (χ3n) is 5.98. The third kappa shape index (κ3) is 4.17. The predicted octanol–water partition coefficient (Wildman–Crippen LogP) is 3.56. The smallest absolute Gasteiger partial charge is 0.369 e. The van der Waals surface area contributed by atoms with Gasteiger partial charge in [0.15, 0.2) is 5.49 Å². The number of anilines is 1. The number of fused-ring (bicyclic) bond motifs is 3. The molecule has 1 N–H and O–H groups in total. The fraction of sp³-hybridized carbons (Fsp3) is 0.292. The molecule has 5 heterocycles. The highest BCUT2D eigenvalue weighted by Gasteiger charge is 2.31. The zero-order chi connectivity index (χ0) is 24.9. The van der Waals surface area contributed by atoms with E-state index in [1.807, 2.05) is 16.7 Å². The van der Waals surface area contributed by atoms with Crippen LogP contribution in [0.4, 0.5) is 19.0 Å². The van der Waals surface area contributed by atoms with E-state index in [0.29, 0.717) is 35.8 Å². The molecule has 8 nitrogen and oxygen atoms in total. The van der Waals surface area contributed by atoms with E-state index in [1.54, 1.807) is 33.2 Å². The van der Waals surface area contributed by atoms with Crippen LogP contribution in [0.5, 0.6) is 0 Å². The average Bonchev–Trinajstić information content (AvgIpc) is 3.30. The average molecular weight is 481 g/mol. The van der Waals surface area contributed by atoms with Gasteiger partial charge in [0.2, 0.25) is 0 Å². The molecule has 0 saturated carbocycles. The van der Waals surface area contributed by atoms with E-state index in [1.165, 1.54) is 4.57 Å². The predicted molar refractivity (Wildman–Crippen MR) is 124 cm³/mol. The van der Waals surface area contributed by atoms with E-state index >= 15 is 0 Å². The molecular weight excluding hydrogens is 459 g/mol. The molecule has 3 aliphatic heterocycles. The fourth-order valence-electron chi connectivity index (χ4n) is 4.18. The van der Waals surface area contributed by atoms with Gasteiger partial charge >= 0.3 is 6.18 Å². The molecule has 35 heavy (non-hydrogen) atoms. The highest BCUT2D eigenvalue weighted by atomic mass is 19.4. The summed E-state index contributed by atoms with van der Waals surface area (Å²) < 4.78 is 43.1. The maximum atomic E-state index is 13.2. The first-order valence-corrected chi connectivity index (χ1v) is 11.0. The highest BCUT2D eigenvalue weighted by Crippen LogP contribution is 2.36. The maximum Gasteiger partial charge on any atom is 0.416 e. The lowest BCUT2D eigenvalue weighted by molar-refractivity contribution is -0.137. The first kappa shape index (κ1) is 22.8. The van der Waals surface area contributed by atoms with Crippen molar-refractivity contribution in [3.05, 3.63) is 75.6 Å². The van der Waals surface area contributed by atoms with Crippen LogP contribution in [0.3, 0.4) is 0 Å². The largest absolute Gasteiger partial charge is 0.416 e. The van der Waals surface area contributed by atoms with Crippen molar-refractivity contribution in [2.24, 2.45) is 12.0 Å². The van der Waals surface area contributed by atoms with Crippen molar-refractivity contribution in [3.8, 4) is 22.5 Å². The Morgan fingerprint density at radius 3 is 2.69 bits per heavy atom. The van der Waals surface area contributed by atoms with Gasteiger partial charge in [-0.2, -0.15) is 13.2 Å². The molecule has 0 aromatic carbocycles. The number of pyridine rings is 3. The molecule has 5 rings (SSSR count). The second-order valence-electron chi connectivity index (χ2n) is 8.45. The highest BCUT2D eigenvalue weighted by molar-refractivity contribution is 5.82. The van der Waals surface area contributed by atoms with Gasteiger partial charge in [-0.25, -0.2) is 9.97 Å². The van der Waals surface area contributed by atoms with Crippen LogP contribution in [0.15, 0.2) is 52.5 Å². The lowest BCUT2D eigenvalue weighted by Gasteiger charge is -2.18. The number of hydrogen-bond donors (Lipinski definition) is 1. The molecule has 0 aliphatic carbocycles. The fourth-order valence-corrected chi connectivity index (χ4v) is 4.18. The molecule has 0 fully saturated rings. The summed E-state index contributed by atoms with van der Waals surface area (Å²) in [7, 11) is 1.68. The van der Waals surface area contributed by atoms with Crippen molar-refractivity contribution in [1.82, 2.24) is 24.1 Å². The van der Waals surface area contributed by atoms with Crippen LogP contribution in [0.25, 0.3) is 22.5 Å². The van der Waals surface area contributed by atoms with Crippen molar-refractivity contribution in [3.63, 3.8) is 0 Å². The van der Waals surface area contributed by atoms with E-state index in [9.17, 15) is 18.0 Å². The summed E-state index contributed by atoms with van der Waals surface area (Å²) in [6, 6.07) is 6.54. The van der Waals surface area contributed by atoms with Crippen LogP contribution < -0.4 is 16.4 Å². The van der Waals surface area contributed by atoms with Crippen LogP contribution in [0.1, 0.15) is 30.0 Å². The lowest BCUT2D eigenvalue weighted by Crippen LogP contribution is -2.21. The summed E-state index contributed by atoms with van der Waals surface area (Å²) >= 11 is 0. The van der Waals surface area contributed by atoms with Gasteiger partial charge in [-0.1, -0.05) is 0 Å². The van der Waals surface area contributed by atoms with E-state index < -0.39 is 17.8 Å². The van der Waals surface area contributed by atoms with Crippen molar-refractivity contribution < 1.29 is 13.2 Å². The zero-order valence-corrected chi connectivity index (χ0v) is 19.3. The minimum absolute atomic E-state index is 0.145. The molecule has 11 heteroatoms. The van der Waals surface area contributed by atoms with E-state index in [2.05, 4.69) is 25.3 Å². The Bertz CT molecular complexity index is 1540. The van der Waals surface area contributed by atoms with Crippen LogP contribution >= 0.6 is 0 Å². The van der Waals surface area contributed by atoms with Crippen LogP contribution in [-0.2, 0) is 19.8 Å². The van der Waals surface area contributed by atoms with Crippen LogP contribution in [-0.4, -0.2) is 30.6 Å². The first-order valence-electron chi connectivity index (χ1n) is 11.0. The van der Waals surface area contributed by atoms with Crippen molar-refractivity contribution in [2.45, 2.75) is 32.6 Å². The van der Waals surface area contributed by atoms with Gasteiger partial charge in [0, 0.05) is 44.2 Å². The summed E-state index contributed by atoms with van der Waals surface area (Å²) in [6.07, 6.45) is -1.64. The Morgan fingerprint density at radius 2 is 1.94 bits per heavy atom. The minimum atomic E-state index is -4.47. The molecule has 2 aromatic rings. The molecule has 3 aliphatic rings. The number of nitrogens with zero attached hydrogens (tertiary/aromatic N) is 6. The number of halogens is 3. The van der Waals surface area contributed by atoms with Gasteiger partial charge in [-0.3, -0.25) is 14.8 Å². The molecule has 0 spiro atoms. The van der Waals surface area contributed by atoms with E-state index in [0.717, 1.165) is 35.3 Å². The first-order chi connectivity index (χ1) is 16.6. The maximum absolute atomic E-state index is 13.2. The van der Waals surface area contributed by atoms with Crippen molar-refractivity contribution in [1.29, 1.82) is 0 Å². The van der Waals surface area contributed by atoms with Crippen molar-refractivity contribution >= 4 is 5.82 Å². The molecule has 0 amide bonds. The van der Waals surface area contributed by atoms with Crippen molar-refractivity contribution in [2.75, 3.05) is 11.9 Å². The summed E-state index contributed by atoms with van der Waals surface area (Å²) in [5.74, 6) is 1.99. The monoisotopic (exact) mass is 481 g/mol. The Hall–Kier alpha value is -4.02. The van der Waals surface area contributed by atoms with Gasteiger partial charge in [0.1, 0.15) is 17.5 Å². The second-order valence-corrected chi connectivity index (χ2v) is 8.45. The minimum Gasteiger partial charge on any atom is -0.369 e. The normalized spacial score (nSPS) is 14.7. The van der Waals surface area contributed by atoms with E-state index in [4.69, 9.17) is 0 Å². The summed E-state index contributed by atoms with van der Waals surface area (Å²) in [5, 5.41) is 3.37. The van der Waals surface area contributed by atoms with Gasteiger partial charge in [0.25, 0.3) is 5.56 Å². The number of hydrogen-bond acceptors (Lipinski definition) is 6. The van der Waals surface area contributed by atoms with Gasteiger partial charge in [0.05, 0.1) is 22.9 Å². The molecule has 0 unspecified atom stereocenters. The molecule has 180 valence electrons. The number of aromatic nitrogens is 5. The number of rotatable bonds is 3. The number of nitrogens with one attached hydrogen (secondary N) is 1. The molecule has 0 bridgehead atoms. The Kier molecular flexibility index (Phi) is 5.42. The standard InChI is InChI=1S/C24H22F3N7O/c1-13(19-11-16(4-6-28-19)24(25,26)27)30-21-18-12-17(15-5-8-33(3)20(35)10-15)22-29-7-9-34(22)23(18)32-14(2)31-21/h4-6,8,10-13,29H,7,9H2,1-3H3/t13-/m1/s1. The molecule has 2 aromatic heterocycles. The number of alkyl halides is 3. The van der Waals surface area contributed by atoms with Gasteiger partial charge in [-0.05, 0) is 43.7 Å². The lowest BCUT2D eigenvalue weighted by atomic mass is 10.0. The number of aryl methyl sites for hydroxylation is 2. The quantitative estimate of drug-likeness (QED) is 0.483. The third-order valence-corrected chi connectivity index (χ3v) is 5.98. The Labute approximate surface area is 198 Å².